The Hall–Kier alpha value is -9.69. The van der Waals surface area contributed by atoms with Gasteiger partial charge in [-0.3, -0.25) is 67.6 Å². The van der Waals surface area contributed by atoms with Gasteiger partial charge >= 0.3 is 0 Å². The zero-order valence-electron chi connectivity index (χ0n) is 66.2. The first-order valence-corrected chi connectivity index (χ1v) is 38.3. The molecule has 6 rings (SSSR count). The molecule has 4 aromatic rings. The predicted octanol–water partition coefficient (Wildman–Crippen LogP) is 4.43. The van der Waals surface area contributed by atoms with Gasteiger partial charge in [-0.05, 0) is 80.0 Å². The number of piperidine rings is 1. The fraction of sp³-hybridized carbons (Fsp3) is 0.554. The fourth-order valence-electron chi connectivity index (χ4n) is 13.9. The Morgan fingerprint density at radius 2 is 1.11 bits per heavy atom. The molecule has 6 N–H and O–H groups in total. The van der Waals surface area contributed by atoms with Crippen molar-refractivity contribution in [3.05, 3.63) is 144 Å². The summed E-state index contributed by atoms with van der Waals surface area (Å²) in [5.74, 6) is -10.9. The summed E-state index contributed by atoms with van der Waals surface area (Å²) in [6.45, 7) is 13.0. The van der Waals surface area contributed by atoms with Crippen molar-refractivity contribution in [2.24, 2.45) is 29.6 Å². The van der Waals surface area contributed by atoms with Crippen LogP contribution in [0.4, 0.5) is 0 Å². The summed E-state index contributed by atoms with van der Waals surface area (Å²) >= 11 is 0. The van der Waals surface area contributed by atoms with E-state index in [-0.39, 0.29) is 76.3 Å². The Morgan fingerprint density at radius 1 is 0.569 bits per heavy atom. The molecule has 109 heavy (non-hydrogen) atoms. The molecule has 4 aromatic carbocycles. The maximum atomic E-state index is 15.5. The summed E-state index contributed by atoms with van der Waals surface area (Å²) in [6.07, 6.45) is 0.245. The highest BCUT2D eigenvalue weighted by Gasteiger charge is 2.42. The first-order valence-electron chi connectivity index (χ1n) is 38.3. The summed E-state index contributed by atoms with van der Waals surface area (Å²) in [7, 11) is 8.82. The van der Waals surface area contributed by atoms with Crippen molar-refractivity contribution in [2.75, 3.05) is 81.6 Å². The van der Waals surface area contributed by atoms with Crippen molar-refractivity contribution < 1.29 is 67.4 Å². The molecule has 2 fully saturated rings. The van der Waals surface area contributed by atoms with Crippen molar-refractivity contribution >= 4 is 76.5 Å². The maximum absolute atomic E-state index is 15.5. The smallest absolute Gasteiger partial charge is 0.246 e. The highest BCUT2D eigenvalue weighted by Crippen LogP contribution is 2.25. The molecule has 0 unspecified atom stereocenters. The number of carbonyl (C=O) groups excluding carboxylic acids is 13. The third-order valence-electron chi connectivity index (χ3n) is 21.1. The Kier molecular flexibility index (Phi) is 34.7. The van der Waals surface area contributed by atoms with Crippen molar-refractivity contribution in [1.29, 1.82) is 0 Å². The molecule has 12 atom stereocenters. The second-order valence-electron chi connectivity index (χ2n) is 30.6. The van der Waals surface area contributed by atoms with E-state index in [0.29, 0.717) is 24.2 Å². The number of nitrogens with zero attached hydrogens (tertiary/aromatic N) is 7. The van der Waals surface area contributed by atoms with E-state index in [9.17, 15) is 53.1 Å². The second kappa shape index (κ2) is 42.9. The molecular formula is C83H118N12O14. The minimum atomic E-state index is -1.56. The van der Waals surface area contributed by atoms with Crippen LogP contribution in [0.5, 0.6) is 0 Å². The topological polar surface area (TPSA) is 325 Å². The third-order valence-corrected chi connectivity index (χ3v) is 21.1. The lowest BCUT2D eigenvalue weighted by molar-refractivity contribution is -0.149. The van der Waals surface area contributed by atoms with Crippen LogP contribution in [0, 0.1) is 29.6 Å². The largest absolute Gasteiger partial charge is 0.393 e. The van der Waals surface area contributed by atoms with E-state index in [0.717, 1.165) is 35.3 Å². The van der Waals surface area contributed by atoms with E-state index in [1.54, 1.807) is 113 Å². The number of nitrogens with one attached hydrogen (secondary N) is 5. The quantitative estimate of drug-likeness (QED) is 0.0757. The Bertz CT molecular complexity index is 3710. The number of rotatable bonds is 19. The van der Waals surface area contributed by atoms with Crippen LogP contribution in [0.25, 0.3) is 0 Å². The molecule has 0 saturated carbocycles. The number of benzene rings is 4. The van der Waals surface area contributed by atoms with Gasteiger partial charge in [0.05, 0.1) is 37.6 Å². The molecule has 0 aliphatic carbocycles. The van der Waals surface area contributed by atoms with Crippen molar-refractivity contribution in [3.8, 4) is 0 Å². The fourth-order valence-corrected chi connectivity index (χ4v) is 13.9. The summed E-state index contributed by atoms with van der Waals surface area (Å²) < 4.78 is 0. The van der Waals surface area contributed by atoms with Crippen molar-refractivity contribution in [3.63, 3.8) is 0 Å². The van der Waals surface area contributed by atoms with Crippen LogP contribution in [-0.2, 0) is 88.0 Å². The number of aliphatic hydroxyl groups excluding tert-OH is 1. The van der Waals surface area contributed by atoms with Gasteiger partial charge in [0.1, 0.15) is 42.0 Å². The van der Waals surface area contributed by atoms with Crippen LogP contribution < -0.4 is 26.6 Å². The first-order chi connectivity index (χ1) is 51.7. The van der Waals surface area contributed by atoms with Crippen molar-refractivity contribution in [2.45, 2.75) is 187 Å². The van der Waals surface area contributed by atoms with E-state index in [4.69, 9.17) is 0 Å². The zero-order valence-corrected chi connectivity index (χ0v) is 66.2. The highest BCUT2D eigenvalue weighted by atomic mass is 16.3. The average Bonchev–Trinajstić information content (AvgIpc) is 0.837. The van der Waals surface area contributed by atoms with E-state index < -0.39 is 168 Å². The molecule has 0 radical (unpaired) electrons. The van der Waals surface area contributed by atoms with Gasteiger partial charge in [0.15, 0.2) is 5.78 Å². The van der Waals surface area contributed by atoms with Crippen LogP contribution in [0.1, 0.15) is 129 Å². The molecule has 2 aliphatic rings. The lowest BCUT2D eigenvalue weighted by atomic mass is 9.89. The summed E-state index contributed by atoms with van der Waals surface area (Å²) in [4.78, 5) is 200. The van der Waals surface area contributed by atoms with Gasteiger partial charge in [-0.25, -0.2) is 0 Å². The molecule has 0 bridgehead atoms. The van der Waals surface area contributed by atoms with Crippen LogP contribution in [0.3, 0.4) is 0 Å². The van der Waals surface area contributed by atoms with Gasteiger partial charge in [-0.2, -0.15) is 0 Å². The Morgan fingerprint density at radius 3 is 1.65 bits per heavy atom. The summed E-state index contributed by atoms with van der Waals surface area (Å²) in [5.41, 5.74) is 2.83. The minimum Gasteiger partial charge on any atom is -0.393 e. The molecule has 0 aromatic heterocycles. The number of ketones is 2. The molecule has 2 saturated heterocycles. The molecule has 26 heteroatoms. The maximum Gasteiger partial charge on any atom is 0.246 e. The van der Waals surface area contributed by atoms with Crippen LogP contribution in [0.2, 0.25) is 0 Å². The monoisotopic (exact) mass is 1510 g/mol. The van der Waals surface area contributed by atoms with Gasteiger partial charge in [0, 0.05) is 125 Å². The molecule has 26 nitrogen and oxygen atoms in total. The normalized spacial score (nSPS) is 22.9. The molecule has 11 amide bonds. The number of Topliss-reactive ketones (excluding diaryl/α,β-unsaturated/α-hetero) is 2. The number of aliphatic hydroxyl groups is 1. The van der Waals surface area contributed by atoms with Crippen LogP contribution in [0.15, 0.2) is 121 Å². The van der Waals surface area contributed by atoms with E-state index in [1.165, 1.54) is 66.7 Å². The highest BCUT2D eigenvalue weighted by molar-refractivity contribution is 5.98. The van der Waals surface area contributed by atoms with E-state index in [2.05, 4.69) is 26.6 Å². The lowest BCUT2D eigenvalue weighted by Gasteiger charge is -2.36. The standard InChI is InChI=1S/C83H118N12O14/c1-53(2)40-67-76(102)86-51-65(97)50-84-66(81(107)94(14)70(44-62-36-26-18-27-37-62)82(108)93(13)68(42-60-32-22-16-23-33-60)77(103)87-57(7)80(106)95-38-28-19-29-39-95)48-72(99)85-49-55(5)71(98)45-63(58(8)96)46-73(100)89(9)52-56(6)79(105)92(12)69(43-61-34-24-17-25-35-61)78(104)88-75(54(3)4)83(109)90(10)64(47-74(101)91(67)11)41-59-30-20-15-21-31-59/h15-18,20-27,30-37,53-58,63-64,66-70,75,84,96H,19,28-29,38-52H2,1-14H3,(H,85,99)(H,86,102)(H,87,103)(H,88,104)/t55-,56-,57+,58-,63-,64+,66+,67+,68+,69+,70+,75+/m1/s1. The van der Waals surface area contributed by atoms with Gasteiger partial charge in [-0.1, -0.05) is 163 Å². The number of amides is 11. The zero-order chi connectivity index (χ0) is 80.3. The minimum absolute atomic E-state index is 0.0213. The molecule has 2 aliphatic heterocycles. The second-order valence-corrected chi connectivity index (χ2v) is 30.6. The summed E-state index contributed by atoms with van der Waals surface area (Å²) in [5, 5.41) is 25.3. The molecule has 0 spiro atoms. The number of hydrogen-bond donors (Lipinski definition) is 6. The lowest BCUT2D eigenvalue weighted by Crippen LogP contribution is -2.60. The van der Waals surface area contributed by atoms with Crippen LogP contribution >= 0.6 is 0 Å². The van der Waals surface area contributed by atoms with Crippen molar-refractivity contribution in [1.82, 2.24) is 60.9 Å². The number of hydrogen-bond acceptors (Lipinski definition) is 15. The van der Waals surface area contributed by atoms with Crippen LogP contribution in [-0.4, -0.2) is 252 Å². The number of likely N-dealkylation sites (N-methyl/N-ethyl adjacent to an activating group) is 5. The third kappa shape index (κ3) is 26.6. The molecule has 2 heterocycles. The number of likely N-dealkylation sites (tertiary alicyclic amines) is 1. The van der Waals surface area contributed by atoms with E-state index >= 15 is 14.4 Å². The summed E-state index contributed by atoms with van der Waals surface area (Å²) in [6, 6.07) is 26.7. The van der Waals surface area contributed by atoms with E-state index in [1.807, 2.05) is 68.4 Å². The SMILES string of the molecule is CC(C)C[C@H]1C(=O)NCC(=O)CN[C@H](C(=O)N(C)[C@@H](Cc2ccccc2)C(=O)N(C)[C@@H](Cc2ccccc2)C(=O)N[C@@H](C)C(=O)N2CCCCC2)CC(=O)NC[C@@H](C)C(=O)C[C@@H]([C@@H](C)O)CC(=O)N(C)C[C@@H](C)C(=O)N(C)[C@@H](Cc2ccccc2)C(=O)N[C@@H](C(C)C)C(=O)N(C)[C@@H](Cc2ccccc2)CC(=O)N1C. The van der Waals surface area contributed by atoms with Gasteiger partial charge in [0.25, 0.3) is 0 Å². The Labute approximate surface area is 643 Å². The molecular weight excluding hydrogens is 1390 g/mol. The van der Waals surface area contributed by atoms with Gasteiger partial charge in [0.2, 0.25) is 65.0 Å². The predicted molar refractivity (Wildman–Crippen MR) is 415 cm³/mol. The van der Waals surface area contributed by atoms with Gasteiger partial charge < -0.3 is 60.7 Å². The average molecular weight is 1510 g/mol. The number of carbonyl (C=O) groups is 13. The van der Waals surface area contributed by atoms with Gasteiger partial charge in [-0.15, -0.1) is 0 Å². The first kappa shape index (κ1) is 88.2. The molecule has 594 valence electrons. The Balaban J connectivity index is 1.36.